The molecule has 192 valence electrons. The molecule has 4 heterocycles. The molecule has 0 radical (unpaired) electrons. The zero-order chi connectivity index (χ0) is 24.7. The van der Waals surface area contributed by atoms with E-state index in [1.807, 2.05) is 41.8 Å². The van der Waals surface area contributed by atoms with Gasteiger partial charge in [0.15, 0.2) is 0 Å². The maximum Gasteiger partial charge on any atom is 0.410 e. The fourth-order valence-corrected chi connectivity index (χ4v) is 6.84. The van der Waals surface area contributed by atoms with Gasteiger partial charge in [-0.05, 0) is 13.3 Å². The number of halogens is 1. The molecule has 12 heteroatoms. The number of aromatic nitrogens is 2. The van der Waals surface area contributed by atoms with Gasteiger partial charge in [0.05, 0.1) is 31.2 Å². The van der Waals surface area contributed by atoms with Crippen LogP contribution in [-0.2, 0) is 27.9 Å². The Morgan fingerprint density at radius 1 is 1.43 bits per heavy atom. The molecule has 1 aromatic heterocycles. The molecule has 0 aliphatic carbocycles. The normalized spacial score (nSPS) is 28.3. The molecule has 6 atom stereocenters. The number of ether oxygens (including phenoxy) is 1. The molecule has 2 amide bonds. The zero-order valence-electron chi connectivity index (χ0n) is 19.9. The smallest absolute Gasteiger partial charge is 0.410 e. The highest BCUT2D eigenvalue weighted by Gasteiger charge is 2.60. The lowest BCUT2D eigenvalue weighted by Gasteiger charge is -2.46. The van der Waals surface area contributed by atoms with Gasteiger partial charge in [-0.3, -0.25) is 4.79 Å². The molecular weight excluding hydrogens is 587 g/mol. The summed E-state index contributed by atoms with van der Waals surface area (Å²) in [4.78, 5) is 41.1. The lowest BCUT2D eigenvalue weighted by molar-refractivity contribution is -0.671. The summed E-state index contributed by atoms with van der Waals surface area (Å²) in [6.45, 7) is 8.16. The molecule has 0 aromatic carbocycles. The number of hydrogen-bond donors (Lipinski definition) is 2. The molecule has 2 N–H and O–H groups in total. The quantitative estimate of drug-likeness (QED) is 0.150. The lowest BCUT2D eigenvalue weighted by atomic mass is 9.79. The largest absolute Gasteiger partial charge is 1.00 e. The first kappa shape index (κ1) is 27.5. The fraction of sp³-hybridized carbons (Fsp3) is 0.565. The third-order valence-electron chi connectivity index (χ3n) is 6.79. The minimum absolute atomic E-state index is 0. The number of nitrogens with zero attached hydrogens (tertiary/aromatic N) is 4. The van der Waals surface area contributed by atoms with Gasteiger partial charge in [-0.2, -0.15) is 0 Å². The molecule has 3 aliphatic rings. The number of carbonyl (C=O) groups is 3. The first-order valence-electron chi connectivity index (χ1n) is 11.3. The summed E-state index contributed by atoms with van der Waals surface area (Å²) in [5.74, 6) is -2.30. The molecule has 0 unspecified atom stereocenters. The van der Waals surface area contributed by atoms with Crippen LogP contribution in [0.25, 0.3) is 0 Å². The number of likely N-dealkylation sites (tertiary alicyclic amines) is 1. The Balaban J connectivity index is 0.00000342. The van der Waals surface area contributed by atoms with Crippen LogP contribution in [0.4, 0.5) is 4.79 Å². The van der Waals surface area contributed by atoms with Gasteiger partial charge in [0.2, 0.25) is 12.2 Å². The van der Waals surface area contributed by atoms with Crippen LogP contribution in [0.2, 0.25) is 0 Å². The molecule has 2 fully saturated rings. The van der Waals surface area contributed by atoms with Crippen molar-refractivity contribution in [3.05, 3.63) is 42.0 Å². The number of hydrogen-bond acceptors (Lipinski definition) is 6. The summed E-state index contributed by atoms with van der Waals surface area (Å²) >= 11 is 1.43. The van der Waals surface area contributed by atoms with E-state index < -0.39 is 24.1 Å². The second-order valence-electron chi connectivity index (χ2n) is 9.20. The topological polar surface area (TPSA) is 116 Å². The molecule has 10 nitrogen and oxygen atoms in total. The second-order valence-corrected chi connectivity index (χ2v) is 10.5. The number of aliphatic hydroxyl groups is 1. The number of rotatable bonds is 8. The molecular formula is C23H31IN4O6S. The average molecular weight is 618 g/mol. The zero-order valence-corrected chi connectivity index (χ0v) is 22.9. The van der Waals surface area contributed by atoms with E-state index in [1.54, 1.807) is 11.8 Å². The lowest BCUT2D eigenvalue weighted by Crippen LogP contribution is -3.00. The van der Waals surface area contributed by atoms with Crippen LogP contribution >= 0.6 is 11.8 Å². The molecule has 0 spiro atoms. The van der Waals surface area contributed by atoms with E-state index >= 15 is 0 Å². The highest BCUT2D eigenvalue weighted by molar-refractivity contribution is 8.03. The third kappa shape index (κ3) is 5.10. The first-order valence-corrected chi connectivity index (χ1v) is 12.2. The van der Waals surface area contributed by atoms with Crippen LogP contribution in [0, 0.1) is 11.8 Å². The van der Waals surface area contributed by atoms with Gasteiger partial charge in [0.25, 0.3) is 0 Å². The van der Waals surface area contributed by atoms with Gasteiger partial charge in [-0.15, -0.1) is 11.8 Å². The van der Waals surface area contributed by atoms with Gasteiger partial charge in [-0.25, -0.2) is 18.7 Å². The van der Waals surface area contributed by atoms with Crippen molar-refractivity contribution >= 4 is 29.7 Å². The Morgan fingerprint density at radius 2 is 2.14 bits per heavy atom. The van der Waals surface area contributed by atoms with Crippen LogP contribution in [-0.4, -0.2) is 79.1 Å². The number of carboxylic acid groups (broad SMARTS) is 1. The highest BCUT2D eigenvalue weighted by Crippen LogP contribution is 2.52. The SMILES string of the molecule is C=CCOC(=O)N1C[C@@H](SC2=C(C(=O)O)N3C(=O)[C@H]([C@@H](C)O)[C@H]3[C@H]2C)C[C@H]1Cn1cc[n+](C)c1.[I-]. The van der Waals surface area contributed by atoms with Crippen molar-refractivity contribution in [1.29, 1.82) is 0 Å². The summed E-state index contributed by atoms with van der Waals surface area (Å²) in [6.07, 6.45) is 6.69. The van der Waals surface area contributed by atoms with Crippen molar-refractivity contribution in [1.82, 2.24) is 14.4 Å². The number of β-lactam (4-membered cyclic amide) rings is 1. The standard InChI is InChI=1S/C23H30N4O6S.HI/c1-5-8-33-23(32)26-11-16(9-15(26)10-25-7-6-24(4)12-25)34-20-13(2)18-17(14(3)28)21(29)27(18)19(20)22(30)31;/h5-7,12-18,28H,1,8-11H2,2-4H3;1H/t13-,14-,15+,16+,17-,18-;/m1./s1. The Hall–Kier alpha value is -2.06. The minimum atomic E-state index is -1.15. The Labute approximate surface area is 225 Å². The third-order valence-corrected chi connectivity index (χ3v) is 8.28. The fourth-order valence-electron chi connectivity index (χ4n) is 5.28. The summed E-state index contributed by atoms with van der Waals surface area (Å²) in [5, 5.41) is 19.9. The van der Waals surface area contributed by atoms with Crippen molar-refractivity contribution in [2.75, 3.05) is 13.2 Å². The van der Waals surface area contributed by atoms with Gasteiger partial charge >= 0.3 is 12.1 Å². The van der Waals surface area contributed by atoms with E-state index in [1.165, 1.54) is 22.7 Å². The van der Waals surface area contributed by atoms with Crippen LogP contribution in [0.15, 0.2) is 42.0 Å². The molecule has 0 saturated carbocycles. The van der Waals surface area contributed by atoms with Gasteiger partial charge in [-0.1, -0.05) is 19.6 Å². The molecule has 0 bridgehead atoms. The molecule has 2 saturated heterocycles. The number of carboxylic acids is 1. The molecule has 1 aromatic rings. The summed E-state index contributed by atoms with van der Waals surface area (Å²) < 4.78 is 9.23. The molecule has 3 aliphatic heterocycles. The number of imidazole rings is 1. The number of aliphatic hydroxyl groups excluding tert-OH is 1. The van der Waals surface area contributed by atoms with E-state index in [0.717, 1.165) is 0 Å². The maximum absolute atomic E-state index is 12.8. The van der Waals surface area contributed by atoms with E-state index in [4.69, 9.17) is 4.74 Å². The number of amides is 2. The van der Waals surface area contributed by atoms with Crippen molar-refractivity contribution in [2.24, 2.45) is 18.9 Å². The Morgan fingerprint density at radius 3 is 2.71 bits per heavy atom. The first-order chi connectivity index (χ1) is 16.1. The Bertz CT molecular complexity index is 1040. The summed E-state index contributed by atoms with van der Waals surface area (Å²) in [7, 11) is 1.92. The number of thioether (sulfide) groups is 1. The predicted molar refractivity (Wildman–Crippen MR) is 123 cm³/mol. The van der Waals surface area contributed by atoms with Crippen LogP contribution in [0.1, 0.15) is 20.3 Å². The van der Waals surface area contributed by atoms with Gasteiger partial charge in [0.1, 0.15) is 31.2 Å². The van der Waals surface area contributed by atoms with Crippen molar-refractivity contribution in [2.45, 2.75) is 50.3 Å². The number of fused-ring (bicyclic) bond motifs is 1. The van der Waals surface area contributed by atoms with Crippen molar-refractivity contribution < 1.29 is 57.9 Å². The predicted octanol–water partition coefficient (Wildman–Crippen LogP) is -2.03. The maximum atomic E-state index is 12.8. The van der Waals surface area contributed by atoms with Crippen molar-refractivity contribution in [3.63, 3.8) is 0 Å². The van der Waals surface area contributed by atoms with E-state index in [-0.39, 0.29) is 65.4 Å². The van der Waals surface area contributed by atoms with Crippen LogP contribution in [0.3, 0.4) is 0 Å². The number of carbonyl (C=O) groups excluding carboxylic acids is 2. The monoisotopic (exact) mass is 618 g/mol. The van der Waals surface area contributed by atoms with Gasteiger partial charge < -0.3 is 48.7 Å². The highest BCUT2D eigenvalue weighted by atomic mass is 127. The van der Waals surface area contributed by atoms with Gasteiger partial charge in [0, 0.05) is 22.6 Å². The summed E-state index contributed by atoms with van der Waals surface area (Å²) in [6, 6.07) is -0.483. The minimum Gasteiger partial charge on any atom is -1.00 e. The number of aryl methyl sites for hydroxylation is 1. The summed E-state index contributed by atoms with van der Waals surface area (Å²) in [5.41, 5.74) is 0.00562. The molecule has 4 rings (SSSR count). The van der Waals surface area contributed by atoms with Crippen molar-refractivity contribution in [3.8, 4) is 0 Å². The Kier molecular flexibility index (Phi) is 8.58. The molecule has 35 heavy (non-hydrogen) atoms. The van der Waals surface area contributed by atoms with E-state index in [2.05, 4.69) is 6.58 Å². The van der Waals surface area contributed by atoms with E-state index in [9.17, 15) is 24.6 Å². The van der Waals surface area contributed by atoms with Crippen LogP contribution in [0.5, 0.6) is 0 Å². The number of aliphatic carboxylic acids is 1. The second kappa shape index (κ2) is 10.9. The van der Waals surface area contributed by atoms with Crippen LogP contribution < -0.4 is 28.5 Å². The van der Waals surface area contributed by atoms with E-state index in [0.29, 0.717) is 24.4 Å². The average Bonchev–Trinajstić information content (AvgIpc) is 3.42.